The molecule has 0 aliphatic heterocycles. The van der Waals surface area contributed by atoms with Crippen molar-refractivity contribution in [2.24, 2.45) is 11.7 Å². The average Bonchev–Trinajstić information content (AvgIpc) is 2.41. The van der Waals surface area contributed by atoms with Gasteiger partial charge < -0.3 is 15.2 Å². The first-order valence-electron chi connectivity index (χ1n) is 6.77. The highest BCUT2D eigenvalue weighted by molar-refractivity contribution is 5.16. The van der Waals surface area contributed by atoms with Gasteiger partial charge in [0.2, 0.25) is 0 Å². The zero-order valence-corrected chi connectivity index (χ0v) is 11.6. The van der Waals surface area contributed by atoms with Crippen LogP contribution in [0.1, 0.15) is 18.4 Å². The van der Waals surface area contributed by atoms with Gasteiger partial charge in [-0.05, 0) is 49.4 Å². The van der Waals surface area contributed by atoms with Crippen LogP contribution in [0.5, 0.6) is 0 Å². The molecule has 0 radical (unpaired) electrons. The predicted molar refractivity (Wildman–Crippen MR) is 74.6 cm³/mol. The molecule has 0 spiro atoms. The van der Waals surface area contributed by atoms with E-state index in [0.29, 0.717) is 25.7 Å². The van der Waals surface area contributed by atoms with E-state index in [1.165, 1.54) is 6.07 Å². The summed E-state index contributed by atoms with van der Waals surface area (Å²) in [5.41, 5.74) is 6.78. The number of methoxy groups -OCH3 is 1. The third kappa shape index (κ3) is 7.25. The van der Waals surface area contributed by atoms with Crippen LogP contribution in [0.3, 0.4) is 0 Å². The highest BCUT2D eigenvalue weighted by atomic mass is 19.1. The van der Waals surface area contributed by atoms with Crippen LogP contribution in [0, 0.1) is 11.7 Å². The van der Waals surface area contributed by atoms with E-state index < -0.39 is 0 Å². The molecular formula is C15H24FNO2. The van der Waals surface area contributed by atoms with Gasteiger partial charge in [0.1, 0.15) is 5.82 Å². The molecule has 0 aliphatic carbocycles. The molecule has 0 aliphatic rings. The first-order chi connectivity index (χ1) is 9.26. The second-order valence-electron chi connectivity index (χ2n) is 4.68. The van der Waals surface area contributed by atoms with E-state index in [0.717, 1.165) is 31.4 Å². The quantitative estimate of drug-likeness (QED) is 0.663. The summed E-state index contributed by atoms with van der Waals surface area (Å²) in [5, 5.41) is 0. The molecule has 3 nitrogen and oxygen atoms in total. The van der Waals surface area contributed by atoms with E-state index in [9.17, 15) is 4.39 Å². The highest BCUT2D eigenvalue weighted by Crippen LogP contribution is 2.14. The van der Waals surface area contributed by atoms with Crippen LogP contribution >= 0.6 is 0 Å². The van der Waals surface area contributed by atoms with Gasteiger partial charge in [-0.1, -0.05) is 12.1 Å². The fraction of sp³-hybridized carbons (Fsp3) is 0.600. The first kappa shape index (κ1) is 16.1. The molecule has 2 N–H and O–H groups in total. The molecule has 0 bridgehead atoms. The molecule has 19 heavy (non-hydrogen) atoms. The summed E-state index contributed by atoms with van der Waals surface area (Å²) < 4.78 is 23.4. The van der Waals surface area contributed by atoms with Crippen LogP contribution in [-0.4, -0.2) is 33.5 Å². The van der Waals surface area contributed by atoms with Gasteiger partial charge in [-0.2, -0.15) is 0 Å². The number of halogens is 1. The van der Waals surface area contributed by atoms with Crippen molar-refractivity contribution in [1.29, 1.82) is 0 Å². The van der Waals surface area contributed by atoms with Crippen molar-refractivity contribution in [3.63, 3.8) is 0 Å². The Labute approximate surface area is 114 Å². The second kappa shape index (κ2) is 9.89. The van der Waals surface area contributed by atoms with Crippen molar-refractivity contribution in [2.75, 3.05) is 33.5 Å². The minimum absolute atomic E-state index is 0.184. The lowest BCUT2D eigenvalue weighted by molar-refractivity contribution is 0.0673. The summed E-state index contributed by atoms with van der Waals surface area (Å²) in [4.78, 5) is 0. The molecular weight excluding hydrogens is 245 g/mol. The maximum atomic E-state index is 13.1. The maximum absolute atomic E-state index is 13.1. The summed E-state index contributed by atoms with van der Waals surface area (Å²) in [6.07, 6.45) is 2.80. The van der Waals surface area contributed by atoms with Gasteiger partial charge in [0.15, 0.2) is 0 Å². The summed E-state index contributed by atoms with van der Waals surface area (Å²) in [7, 11) is 1.66. The van der Waals surface area contributed by atoms with Crippen LogP contribution in [0.4, 0.5) is 4.39 Å². The van der Waals surface area contributed by atoms with Gasteiger partial charge in [0, 0.05) is 13.7 Å². The van der Waals surface area contributed by atoms with E-state index in [4.69, 9.17) is 15.2 Å². The molecule has 1 atom stereocenters. The lowest BCUT2D eigenvalue weighted by Gasteiger charge is -2.14. The van der Waals surface area contributed by atoms with E-state index in [-0.39, 0.29) is 5.82 Å². The summed E-state index contributed by atoms with van der Waals surface area (Å²) in [5.74, 6) is 0.198. The minimum atomic E-state index is -0.184. The Morgan fingerprint density at radius 2 is 2.11 bits per heavy atom. The molecule has 1 aromatic carbocycles. The molecule has 4 heteroatoms. The zero-order valence-electron chi connectivity index (χ0n) is 11.6. The van der Waals surface area contributed by atoms with Gasteiger partial charge in [-0.3, -0.25) is 0 Å². The highest BCUT2D eigenvalue weighted by Gasteiger charge is 2.08. The molecule has 1 rings (SSSR count). The Kier molecular flexibility index (Phi) is 8.38. The lowest BCUT2D eigenvalue weighted by atomic mass is 9.95. The van der Waals surface area contributed by atoms with Crippen LogP contribution in [-0.2, 0) is 15.9 Å². The van der Waals surface area contributed by atoms with Gasteiger partial charge in [-0.25, -0.2) is 4.39 Å². The molecule has 0 heterocycles. The molecule has 0 saturated carbocycles. The number of rotatable bonds is 10. The van der Waals surface area contributed by atoms with Crippen LogP contribution in [0.2, 0.25) is 0 Å². The second-order valence-corrected chi connectivity index (χ2v) is 4.68. The Hall–Kier alpha value is -0.970. The Morgan fingerprint density at radius 3 is 2.79 bits per heavy atom. The van der Waals surface area contributed by atoms with Crippen molar-refractivity contribution >= 4 is 0 Å². The largest absolute Gasteiger partial charge is 0.382 e. The Morgan fingerprint density at radius 1 is 1.26 bits per heavy atom. The molecule has 0 amide bonds. The van der Waals surface area contributed by atoms with E-state index in [1.807, 2.05) is 6.07 Å². The smallest absolute Gasteiger partial charge is 0.123 e. The summed E-state index contributed by atoms with van der Waals surface area (Å²) in [6.45, 7) is 2.61. The van der Waals surface area contributed by atoms with Crippen LogP contribution in [0.25, 0.3) is 0 Å². The summed E-state index contributed by atoms with van der Waals surface area (Å²) >= 11 is 0. The number of benzene rings is 1. The SMILES string of the molecule is COCCOCCCC(CN)Cc1cccc(F)c1. The van der Waals surface area contributed by atoms with Crippen molar-refractivity contribution in [3.05, 3.63) is 35.6 Å². The van der Waals surface area contributed by atoms with Gasteiger partial charge in [-0.15, -0.1) is 0 Å². The maximum Gasteiger partial charge on any atom is 0.123 e. The molecule has 108 valence electrons. The number of hydrogen-bond donors (Lipinski definition) is 1. The monoisotopic (exact) mass is 269 g/mol. The van der Waals surface area contributed by atoms with Crippen molar-refractivity contribution in [1.82, 2.24) is 0 Å². The lowest BCUT2D eigenvalue weighted by Crippen LogP contribution is -2.18. The van der Waals surface area contributed by atoms with Crippen LogP contribution in [0.15, 0.2) is 24.3 Å². The standard InChI is InChI=1S/C15H24FNO2/c1-18-8-9-19-7-3-5-14(12-17)10-13-4-2-6-15(16)11-13/h2,4,6,11,14H,3,5,7-10,12,17H2,1H3. The van der Waals surface area contributed by atoms with Gasteiger partial charge in [0.05, 0.1) is 13.2 Å². The number of nitrogens with two attached hydrogens (primary N) is 1. The van der Waals surface area contributed by atoms with Crippen molar-refractivity contribution in [3.8, 4) is 0 Å². The van der Waals surface area contributed by atoms with E-state index in [2.05, 4.69) is 0 Å². The van der Waals surface area contributed by atoms with Gasteiger partial charge in [0.25, 0.3) is 0 Å². The fourth-order valence-corrected chi connectivity index (χ4v) is 2.02. The Balaban J connectivity index is 2.22. The van der Waals surface area contributed by atoms with Crippen molar-refractivity contribution in [2.45, 2.75) is 19.3 Å². The molecule has 0 aromatic heterocycles. The zero-order chi connectivity index (χ0) is 13.9. The van der Waals surface area contributed by atoms with E-state index >= 15 is 0 Å². The predicted octanol–water partition coefficient (Wildman–Crippen LogP) is 2.39. The topological polar surface area (TPSA) is 44.5 Å². The van der Waals surface area contributed by atoms with Crippen molar-refractivity contribution < 1.29 is 13.9 Å². The molecule has 1 unspecified atom stereocenters. The van der Waals surface area contributed by atoms with Gasteiger partial charge >= 0.3 is 0 Å². The van der Waals surface area contributed by atoms with Crippen LogP contribution < -0.4 is 5.73 Å². The molecule has 0 saturated heterocycles. The third-order valence-electron chi connectivity index (χ3n) is 3.08. The fourth-order valence-electron chi connectivity index (χ4n) is 2.02. The normalized spacial score (nSPS) is 12.6. The first-order valence-corrected chi connectivity index (χ1v) is 6.77. The number of ether oxygens (including phenoxy) is 2. The number of hydrogen-bond acceptors (Lipinski definition) is 3. The molecule has 1 aromatic rings. The average molecular weight is 269 g/mol. The Bertz CT molecular complexity index is 347. The molecule has 0 fully saturated rings. The minimum Gasteiger partial charge on any atom is -0.382 e. The third-order valence-corrected chi connectivity index (χ3v) is 3.08. The van der Waals surface area contributed by atoms with E-state index in [1.54, 1.807) is 19.2 Å². The summed E-state index contributed by atoms with van der Waals surface area (Å²) in [6, 6.07) is 6.73.